The normalized spacial score (nSPS) is 15.4. The Hall–Kier alpha value is -3.84. The smallest absolute Gasteiger partial charge is 0.236 e. The first-order valence-electron chi connectivity index (χ1n) is 9.94. The number of methoxy groups -OCH3 is 1. The number of aromatic nitrogens is 3. The van der Waals surface area contributed by atoms with Gasteiger partial charge in [0.25, 0.3) is 0 Å². The third-order valence-corrected chi connectivity index (χ3v) is 6.14. The lowest BCUT2D eigenvalue weighted by atomic mass is 9.88. The van der Waals surface area contributed by atoms with Crippen LogP contribution in [0.2, 0.25) is 0 Å². The molecule has 6 nitrogen and oxygen atoms in total. The first-order chi connectivity index (χ1) is 15.1. The van der Waals surface area contributed by atoms with Gasteiger partial charge >= 0.3 is 0 Å². The lowest BCUT2D eigenvalue weighted by Crippen LogP contribution is -2.13. The number of fused-ring (bicyclic) bond motifs is 3. The summed E-state index contributed by atoms with van der Waals surface area (Å²) in [5.74, 6) is 0.339. The second-order valence-corrected chi connectivity index (χ2v) is 8.08. The number of carbonyl (C=O) groups is 1. The van der Waals surface area contributed by atoms with Gasteiger partial charge in [0, 0.05) is 22.2 Å². The molecule has 0 bridgehead atoms. The van der Waals surface area contributed by atoms with Gasteiger partial charge in [-0.15, -0.1) is 0 Å². The maximum Gasteiger partial charge on any atom is 0.236 e. The van der Waals surface area contributed by atoms with E-state index in [1.165, 1.54) is 0 Å². The minimum absolute atomic E-state index is 0.0287. The molecule has 5 aromatic rings. The van der Waals surface area contributed by atoms with Gasteiger partial charge in [-0.05, 0) is 65.8 Å². The number of aromatic amines is 3. The average molecular weight is 427 g/mol. The van der Waals surface area contributed by atoms with Crippen molar-refractivity contribution in [2.24, 2.45) is 0 Å². The number of amides is 1. The number of hydrogen-bond donors (Lipinski definition) is 4. The molecule has 31 heavy (non-hydrogen) atoms. The van der Waals surface area contributed by atoms with Gasteiger partial charge in [-0.3, -0.25) is 4.79 Å². The van der Waals surface area contributed by atoms with Gasteiger partial charge in [0.05, 0.1) is 29.8 Å². The van der Waals surface area contributed by atoms with Crippen molar-refractivity contribution in [3.05, 3.63) is 76.6 Å². The van der Waals surface area contributed by atoms with Crippen molar-refractivity contribution < 1.29 is 9.53 Å². The zero-order chi connectivity index (χ0) is 21.1. The van der Waals surface area contributed by atoms with Crippen LogP contribution >= 0.6 is 12.2 Å². The molecule has 3 aromatic carbocycles. The third kappa shape index (κ3) is 2.70. The van der Waals surface area contributed by atoms with Crippen LogP contribution in [0.15, 0.2) is 60.7 Å². The van der Waals surface area contributed by atoms with Crippen molar-refractivity contribution in [2.45, 2.75) is 5.92 Å². The number of hydrogen-bond acceptors (Lipinski definition) is 3. The molecule has 6 rings (SSSR count). The fourth-order valence-corrected chi connectivity index (χ4v) is 4.75. The van der Waals surface area contributed by atoms with Gasteiger partial charge in [-0.1, -0.05) is 18.2 Å². The highest BCUT2D eigenvalue weighted by atomic mass is 32.1. The van der Waals surface area contributed by atoms with E-state index in [0.717, 1.165) is 55.8 Å². The predicted molar refractivity (Wildman–Crippen MR) is 124 cm³/mol. The van der Waals surface area contributed by atoms with Crippen molar-refractivity contribution >= 4 is 45.7 Å². The summed E-state index contributed by atoms with van der Waals surface area (Å²) in [6, 6.07) is 19.8. The molecule has 1 unspecified atom stereocenters. The SMILES string of the molecule is COc1ccc(-c2[nH]c3cc4[nH]c(=S)[nH]c4cc3c2C2C(=O)Nc3ccccc32)cc1. The van der Waals surface area contributed by atoms with Crippen molar-refractivity contribution in [3.63, 3.8) is 0 Å². The Morgan fingerprint density at radius 3 is 2.42 bits per heavy atom. The number of carbonyl (C=O) groups excluding carboxylic acids is 1. The molecule has 2 aromatic heterocycles. The molecule has 1 atom stereocenters. The minimum atomic E-state index is -0.415. The molecule has 3 heterocycles. The highest BCUT2D eigenvalue weighted by molar-refractivity contribution is 7.71. The van der Waals surface area contributed by atoms with Crippen LogP contribution in [0.4, 0.5) is 5.69 Å². The summed E-state index contributed by atoms with van der Waals surface area (Å²) in [4.78, 5) is 23.1. The van der Waals surface area contributed by atoms with Gasteiger partial charge in [-0.2, -0.15) is 0 Å². The van der Waals surface area contributed by atoms with Crippen molar-refractivity contribution in [1.29, 1.82) is 0 Å². The Balaban J connectivity index is 1.67. The van der Waals surface area contributed by atoms with E-state index in [2.05, 4.69) is 26.3 Å². The van der Waals surface area contributed by atoms with E-state index < -0.39 is 5.92 Å². The van der Waals surface area contributed by atoms with Crippen molar-refractivity contribution in [2.75, 3.05) is 12.4 Å². The summed E-state index contributed by atoms with van der Waals surface area (Å²) >= 11 is 5.27. The molecule has 4 N–H and O–H groups in total. The number of anilines is 1. The molecule has 7 heteroatoms. The highest BCUT2D eigenvalue weighted by Gasteiger charge is 2.35. The van der Waals surface area contributed by atoms with E-state index in [1.54, 1.807) is 7.11 Å². The number of para-hydroxylation sites is 1. The van der Waals surface area contributed by atoms with Crippen LogP contribution in [0.3, 0.4) is 0 Å². The maximum atomic E-state index is 13.1. The summed E-state index contributed by atoms with van der Waals surface area (Å²) in [6.07, 6.45) is 0. The maximum absolute atomic E-state index is 13.1. The van der Waals surface area contributed by atoms with Gasteiger partial charge in [0.15, 0.2) is 4.77 Å². The van der Waals surface area contributed by atoms with E-state index in [4.69, 9.17) is 17.0 Å². The van der Waals surface area contributed by atoms with E-state index in [1.807, 2.05) is 54.6 Å². The second-order valence-electron chi connectivity index (χ2n) is 7.67. The first-order valence-corrected chi connectivity index (χ1v) is 10.3. The van der Waals surface area contributed by atoms with E-state index in [9.17, 15) is 4.79 Å². The largest absolute Gasteiger partial charge is 0.497 e. The summed E-state index contributed by atoms with van der Waals surface area (Å²) in [6.45, 7) is 0. The number of H-pyrrole nitrogens is 3. The van der Waals surface area contributed by atoms with Crippen LogP contribution in [-0.2, 0) is 4.79 Å². The molecule has 0 saturated heterocycles. The van der Waals surface area contributed by atoms with Gasteiger partial charge in [-0.25, -0.2) is 0 Å². The van der Waals surface area contributed by atoms with E-state index in [-0.39, 0.29) is 5.91 Å². The molecule has 0 fully saturated rings. The quantitative estimate of drug-likeness (QED) is 0.289. The predicted octanol–water partition coefficient (Wildman–Crippen LogP) is 5.47. The Bertz CT molecular complexity index is 1540. The number of ether oxygens (including phenoxy) is 1. The summed E-state index contributed by atoms with van der Waals surface area (Å²) in [5, 5.41) is 4.02. The van der Waals surface area contributed by atoms with Crippen LogP contribution in [-0.4, -0.2) is 28.0 Å². The molecular formula is C24H18N4O2S. The lowest BCUT2D eigenvalue weighted by Gasteiger charge is -2.12. The molecule has 0 aliphatic carbocycles. The second kappa shape index (κ2) is 6.58. The zero-order valence-corrected chi connectivity index (χ0v) is 17.4. The highest BCUT2D eigenvalue weighted by Crippen LogP contribution is 2.45. The summed E-state index contributed by atoms with van der Waals surface area (Å²) in [5.41, 5.74) is 7.45. The summed E-state index contributed by atoms with van der Waals surface area (Å²) < 4.78 is 5.89. The molecule has 152 valence electrons. The zero-order valence-electron chi connectivity index (χ0n) is 16.6. The standard InChI is InChI=1S/C24H18N4O2S/c1-30-13-8-6-12(7-9-13)22-20(21-14-4-2-3-5-16(14)26-23(21)29)15-10-18-19(11-17(15)25-22)28-24(31)27-18/h2-11,21,25H,1H3,(H,26,29)(H2,27,28,31). The van der Waals surface area contributed by atoms with Crippen molar-refractivity contribution in [3.8, 4) is 17.0 Å². The van der Waals surface area contributed by atoms with E-state index >= 15 is 0 Å². The average Bonchev–Trinajstić information content (AvgIpc) is 3.42. The lowest BCUT2D eigenvalue weighted by molar-refractivity contribution is -0.116. The topological polar surface area (TPSA) is 85.7 Å². The van der Waals surface area contributed by atoms with Crippen LogP contribution in [0.1, 0.15) is 17.0 Å². The number of benzene rings is 3. The van der Waals surface area contributed by atoms with Crippen LogP contribution in [0.5, 0.6) is 5.75 Å². The minimum Gasteiger partial charge on any atom is -0.497 e. The summed E-state index contributed by atoms with van der Waals surface area (Å²) in [7, 11) is 1.65. The first kappa shape index (κ1) is 18.0. The molecule has 0 radical (unpaired) electrons. The molecule has 1 aliphatic rings. The van der Waals surface area contributed by atoms with Crippen LogP contribution in [0.25, 0.3) is 33.2 Å². The monoisotopic (exact) mass is 426 g/mol. The van der Waals surface area contributed by atoms with Crippen molar-refractivity contribution in [1.82, 2.24) is 15.0 Å². The van der Waals surface area contributed by atoms with Gasteiger partial charge in [0.1, 0.15) is 5.75 Å². The third-order valence-electron chi connectivity index (χ3n) is 5.93. The molecular weight excluding hydrogens is 408 g/mol. The molecule has 1 amide bonds. The molecule has 0 saturated carbocycles. The van der Waals surface area contributed by atoms with Crippen LogP contribution in [0, 0.1) is 4.77 Å². The van der Waals surface area contributed by atoms with Gasteiger partial charge in [0.2, 0.25) is 5.91 Å². The van der Waals surface area contributed by atoms with Crippen LogP contribution < -0.4 is 10.1 Å². The fraction of sp³-hybridized carbons (Fsp3) is 0.0833. The molecule has 0 spiro atoms. The molecule has 1 aliphatic heterocycles. The number of nitrogens with one attached hydrogen (secondary N) is 4. The Morgan fingerprint density at radius 1 is 0.903 bits per heavy atom. The number of rotatable bonds is 3. The fourth-order valence-electron chi connectivity index (χ4n) is 4.53. The Labute approximate surface area is 182 Å². The Morgan fingerprint density at radius 2 is 1.65 bits per heavy atom. The number of imidazole rings is 1. The Kier molecular flexibility index (Phi) is 3.82. The van der Waals surface area contributed by atoms with Gasteiger partial charge < -0.3 is 25.0 Å². The van der Waals surface area contributed by atoms with E-state index in [0.29, 0.717) is 4.77 Å².